The quantitative estimate of drug-likeness (QED) is 0.706. The van der Waals surface area contributed by atoms with Gasteiger partial charge in [0.25, 0.3) is 0 Å². The average Bonchev–Trinajstić information content (AvgIpc) is 2.79. The number of likely N-dealkylation sites (N-methyl/N-ethyl adjacent to an activating group) is 1. The lowest BCUT2D eigenvalue weighted by molar-refractivity contribution is -0.132. The van der Waals surface area contributed by atoms with Crippen LogP contribution in [0.1, 0.15) is 31.4 Å². The molecule has 1 heterocycles. The molecule has 4 amide bonds. The van der Waals surface area contributed by atoms with E-state index in [2.05, 4.69) is 0 Å². The van der Waals surface area contributed by atoms with Crippen LogP contribution in [0.3, 0.4) is 0 Å². The summed E-state index contributed by atoms with van der Waals surface area (Å²) in [5.74, 6) is -0.305. The summed E-state index contributed by atoms with van der Waals surface area (Å²) in [5, 5.41) is 1.05. The van der Waals surface area contributed by atoms with Gasteiger partial charge in [-0.2, -0.15) is 0 Å². The highest BCUT2D eigenvalue weighted by molar-refractivity contribution is 6.35. The Balaban J connectivity index is 1.89. The van der Waals surface area contributed by atoms with E-state index in [1.54, 1.807) is 37.2 Å². The van der Waals surface area contributed by atoms with Crippen molar-refractivity contribution >= 4 is 41.0 Å². The summed E-state index contributed by atoms with van der Waals surface area (Å²) in [6.07, 6.45) is 0.669. The SMILES string of the molecule is CC(c1ccc(Cl)cc1Cl)N(C)C(=O)CCCN1C(=O)CN(C)C1=O. The molecule has 0 aliphatic carbocycles. The fourth-order valence-electron chi connectivity index (χ4n) is 2.72. The number of carbonyl (C=O) groups excluding carboxylic acids is 3. The van der Waals surface area contributed by atoms with Crippen molar-refractivity contribution in [1.82, 2.24) is 14.7 Å². The molecule has 2 rings (SSSR count). The largest absolute Gasteiger partial charge is 0.339 e. The summed E-state index contributed by atoms with van der Waals surface area (Å²) >= 11 is 12.1. The number of hydrogen-bond donors (Lipinski definition) is 0. The Labute approximate surface area is 157 Å². The van der Waals surface area contributed by atoms with E-state index >= 15 is 0 Å². The van der Waals surface area contributed by atoms with Crippen molar-refractivity contribution in [3.8, 4) is 0 Å². The monoisotopic (exact) mass is 385 g/mol. The number of amides is 4. The summed E-state index contributed by atoms with van der Waals surface area (Å²) in [7, 11) is 3.29. The van der Waals surface area contributed by atoms with Gasteiger partial charge in [-0.15, -0.1) is 0 Å². The van der Waals surface area contributed by atoms with Gasteiger partial charge in [-0.3, -0.25) is 14.5 Å². The first-order valence-electron chi connectivity index (χ1n) is 7.98. The number of carbonyl (C=O) groups is 3. The maximum absolute atomic E-state index is 12.4. The highest BCUT2D eigenvalue weighted by atomic mass is 35.5. The number of imide groups is 1. The molecule has 1 fully saturated rings. The van der Waals surface area contributed by atoms with Crippen molar-refractivity contribution in [2.24, 2.45) is 0 Å². The fraction of sp³-hybridized carbons (Fsp3) is 0.471. The molecule has 8 heteroatoms. The van der Waals surface area contributed by atoms with E-state index in [0.717, 1.165) is 5.56 Å². The molecule has 0 radical (unpaired) electrons. The summed E-state index contributed by atoms with van der Waals surface area (Å²) < 4.78 is 0. The maximum Gasteiger partial charge on any atom is 0.326 e. The smallest absolute Gasteiger partial charge is 0.326 e. The van der Waals surface area contributed by atoms with Crippen molar-refractivity contribution in [3.05, 3.63) is 33.8 Å². The van der Waals surface area contributed by atoms with E-state index in [1.165, 1.54) is 9.80 Å². The molecule has 0 spiro atoms. The van der Waals surface area contributed by atoms with Gasteiger partial charge in [0.05, 0.1) is 6.04 Å². The number of rotatable bonds is 6. The van der Waals surface area contributed by atoms with Crippen molar-refractivity contribution in [2.45, 2.75) is 25.8 Å². The van der Waals surface area contributed by atoms with E-state index < -0.39 is 0 Å². The average molecular weight is 386 g/mol. The summed E-state index contributed by atoms with van der Waals surface area (Å²) in [5.41, 5.74) is 0.813. The first-order chi connectivity index (χ1) is 11.7. The molecule has 0 N–H and O–H groups in total. The van der Waals surface area contributed by atoms with Gasteiger partial charge in [0, 0.05) is 37.1 Å². The third kappa shape index (κ3) is 4.44. The topological polar surface area (TPSA) is 60.9 Å². The summed E-state index contributed by atoms with van der Waals surface area (Å²) in [6.45, 7) is 2.23. The number of hydrogen-bond acceptors (Lipinski definition) is 3. The zero-order chi connectivity index (χ0) is 18.7. The van der Waals surface area contributed by atoms with Gasteiger partial charge in [0.15, 0.2) is 0 Å². The van der Waals surface area contributed by atoms with Gasteiger partial charge in [-0.1, -0.05) is 29.3 Å². The number of nitrogens with zero attached hydrogens (tertiary/aromatic N) is 3. The molecule has 1 aliphatic rings. The molecule has 1 aliphatic heterocycles. The predicted octanol–water partition coefficient (Wildman–Crippen LogP) is 3.19. The molecule has 1 saturated heterocycles. The molecule has 0 saturated carbocycles. The summed E-state index contributed by atoms with van der Waals surface area (Å²) in [6, 6.07) is 4.66. The number of benzene rings is 1. The highest BCUT2D eigenvalue weighted by Gasteiger charge is 2.33. The van der Waals surface area contributed by atoms with Gasteiger partial charge < -0.3 is 9.80 Å². The second-order valence-electron chi connectivity index (χ2n) is 6.13. The second-order valence-corrected chi connectivity index (χ2v) is 6.98. The molecule has 1 aromatic rings. The first-order valence-corrected chi connectivity index (χ1v) is 8.74. The van der Waals surface area contributed by atoms with Crippen LogP contribution in [0.5, 0.6) is 0 Å². The Morgan fingerprint density at radius 1 is 1.32 bits per heavy atom. The Bertz CT molecular complexity index is 696. The van der Waals surface area contributed by atoms with Crippen molar-refractivity contribution < 1.29 is 14.4 Å². The fourth-order valence-corrected chi connectivity index (χ4v) is 3.29. The lowest BCUT2D eigenvalue weighted by Gasteiger charge is -2.26. The lowest BCUT2D eigenvalue weighted by Crippen LogP contribution is -2.34. The van der Waals surface area contributed by atoms with Crippen LogP contribution in [-0.4, -0.2) is 59.7 Å². The Hall–Kier alpha value is -1.79. The Morgan fingerprint density at radius 2 is 2.00 bits per heavy atom. The molecule has 1 atom stereocenters. The van der Waals surface area contributed by atoms with E-state index in [-0.39, 0.29) is 43.4 Å². The van der Waals surface area contributed by atoms with Crippen LogP contribution in [-0.2, 0) is 9.59 Å². The Morgan fingerprint density at radius 3 is 2.56 bits per heavy atom. The van der Waals surface area contributed by atoms with Crippen LogP contribution < -0.4 is 0 Å². The molecule has 6 nitrogen and oxygen atoms in total. The maximum atomic E-state index is 12.4. The van der Waals surface area contributed by atoms with E-state index in [4.69, 9.17) is 23.2 Å². The predicted molar refractivity (Wildman–Crippen MR) is 96.6 cm³/mol. The molecular formula is C17H21Cl2N3O3. The number of halogens is 2. The zero-order valence-electron chi connectivity index (χ0n) is 14.5. The standard InChI is InChI=1S/C17H21Cl2N3O3/c1-11(13-7-6-12(18)9-14(13)19)21(3)15(23)5-4-8-22-16(24)10-20(2)17(22)25/h6-7,9,11H,4-5,8,10H2,1-3H3. The third-order valence-electron chi connectivity index (χ3n) is 4.39. The van der Waals surface area contributed by atoms with Crippen LogP contribution in [0.4, 0.5) is 4.79 Å². The highest BCUT2D eigenvalue weighted by Crippen LogP contribution is 2.29. The van der Waals surface area contributed by atoms with Gasteiger partial charge in [0.2, 0.25) is 11.8 Å². The molecule has 25 heavy (non-hydrogen) atoms. The van der Waals surface area contributed by atoms with Crippen molar-refractivity contribution in [3.63, 3.8) is 0 Å². The van der Waals surface area contributed by atoms with Crippen LogP contribution in [0, 0.1) is 0 Å². The van der Waals surface area contributed by atoms with Crippen LogP contribution in [0.2, 0.25) is 10.0 Å². The minimum absolute atomic E-state index is 0.0778. The molecule has 1 unspecified atom stereocenters. The Kier molecular flexibility index (Phi) is 6.30. The van der Waals surface area contributed by atoms with E-state index in [0.29, 0.717) is 16.5 Å². The molecule has 0 aromatic heterocycles. The first kappa shape index (κ1) is 19.5. The minimum atomic E-state index is -0.313. The van der Waals surface area contributed by atoms with Gasteiger partial charge in [-0.05, 0) is 31.0 Å². The van der Waals surface area contributed by atoms with Crippen molar-refractivity contribution in [2.75, 3.05) is 27.2 Å². The molecular weight excluding hydrogens is 365 g/mol. The molecule has 136 valence electrons. The van der Waals surface area contributed by atoms with Crippen molar-refractivity contribution in [1.29, 1.82) is 0 Å². The van der Waals surface area contributed by atoms with Gasteiger partial charge in [-0.25, -0.2) is 4.79 Å². The summed E-state index contributed by atoms with van der Waals surface area (Å²) in [4.78, 5) is 40.0. The lowest BCUT2D eigenvalue weighted by atomic mass is 10.1. The van der Waals surface area contributed by atoms with E-state index in [9.17, 15) is 14.4 Å². The van der Waals surface area contributed by atoms with Gasteiger partial charge in [0.1, 0.15) is 6.54 Å². The zero-order valence-corrected chi connectivity index (χ0v) is 16.0. The van der Waals surface area contributed by atoms with Crippen LogP contribution >= 0.6 is 23.2 Å². The van der Waals surface area contributed by atoms with Gasteiger partial charge >= 0.3 is 6.03 Å². The van der Waals surface area contributed by atoms with Crippen LogP contribution in [0.25, 0.3) is 0 Å². The van der Waals surface area contributed by atoms with Crippen LogP contribution in [0.15, 0.2) is 18.2 Å². The molecule has 0 bridgehead atoms. The second kappa shape index (κ2) is 8.06. The molecule has 1 aromatic carbocycles. The van der Waals surface area contributed by atoms with E-state index in [1.807, 2.05) is 6.92 Å². The minimum Gasteiger partial charge on any atom is -0.339 e. The number of urea groups is 1. The normalized spacial score (nSPS) is 15.7. The third-order valence-corrected chi connectivity index (χ3v) is 4.95.